The Hall–Kier alpha value is -4.59. The number of ketones is 1. The number of hydrogen-bond acceptors (Lipinski definition) is 9. The van der Waals surface area contributed by atoms with Gasteiger partial charge in [0, 0.05) is 36.6 Å². The quantitative estimate of drug-likeness (QED) is 0.208. The fraction of sp³-hybridized carbons (Fsp3) is 0.303. The van der Waals surface area contributed by atoms with Crippen LogP contribution in [0.25, 0.3) is 26.5 Å². The second-order valence-electron chi connectivity index (χ2n) is 11.1. The van der Waals surface area contributed by atoms with Gasteiger partial charge in [-0.2, -0.15) is 0 Å². The highest BCUT2D eigenvalue weighted by atomic mass is 32.1. The zero-order chi connectivity index (χ0) is 32.4. The van der Waals surface area contributed by atoms with Gasteiger partial charge < -0.3 is 9.47 Å². The Bertz CT molecular complexity index is 2000. The van der Waals surface area contributed by atoms with Gasteiger partial charge in [0.1, 0.15) is 23.1 Å². The first-order chi connectivity index (χ1) is 22.3. The highest BCUT2D eigenvalue weighted by Crippen LogP contribution is 2.39. The Labute approximate surface area is 266 Å². The molecule has 0 amide bonds. The summed E-state index contributed by atoms with van der Waals surface area (Å²) in [5, 5.41) is 8.26. The maximum Gasteiger partial charge on any atom is 0.338 e. The molecule has 0 aliphatic carbocycles. The summed E-state index contributed by atoms with van der Waals surface area (Å²) in [5.74, 6) is -1.54. The number of Topliss-reactive ketones (excluding diaryl/α,β-unsaturated/α-hetero) is 1. The second-order valence-corrected chi connectivity index (χ2v) is 12.1. The number of rotatable bonds is 11. The minimum atomic E-state index is -0.813. The predicted octanol–water partition coefficient (Wildman–Crippen LogP) is 4.36. The molecule has 2 aromatic carbocycles. The number of fused-ring (bicyclic) bond motifs is 1. The van der Waals surface area contributed by atoms with E-state index in [4.69, 9.17) is 9.47 Å². The summed E-state index contributed by atoms with van der Waals surface area (Å²) in [5.41, 5.74) is 0.562. The maximum atomic E-state index is 15.0. The van der Waals surface area contributed by atoms with E-state index in [0.717, 1.165) is 58.6 Å². The highest BCUT2D eigenvalue weighted by Gasteiger charge is 2.27. The summed E-state index contributed by atoms with van der Waals surface area (Å²) in [7, 11) is 2.89. The van der Waals surface area contributed by atoms with Gasteiger partial charge in [0.2, 0.25) is 5.88 Å². The van der Waals surface area contributed by atoms with Gasteiger partial charge in [-0.1, -0.05) is 30.3 Å². The molecule has 10 nitrogen and oxygen atoms in total. The largest absolute Gasteiger partial charge is 0.480 e. The topological polar surface area (TPSA) is 109 Å². The lowest BCUT2D eigenvalue weighted by molar-refractivity contribution is -0.121. The first-order valence-corrected chi connectivity index (χ1v) is 15.5. The average Bonchev–Trinajstić information content (AvgIpc) is 3.70. The van der Waals surface area contributed by atoms with E-state index >= 15 is 0 Å². The first-order valence-electron chi connectivity index (χ1n) is 14.7. The summed E-state index contributed by atoms with van der Waals surface area (Å²) in [6.45, 7) is 1.68. The third kappa shape index (κ3) is 6.13. The van der Waals surface area contributed by atoms with E-state index in [9.17, 15) is 23.2 Å². The van der Waals surface area contributed by atoms with Gasteiger partial charge >= 0.3 is 5.69 Å². The van der Waals surface area contributed by atoms with Crippen LogP contribution in [0.5, 0.6) is 5.88 Å². The van der Waals surface area contributed by atoms with Crippen LogP contribution in [-0.4, -0.2) is 63.9 Å². The molecule has 4 heterocycles. The lowest BCUT2D eigenvalue weighted by atomic mass is 10.0. The van der Waals surface area contributed by atoms with Crippen LogP contribution in [0.1, 0.15) is 29.5 Å². The molecule has 0 saturated carbocycles. The van der Waals surface area contributed by atoms with Gasteiger partial charge in [0.15, 0.2) is 11.6 Å². The Morgan fingerprint density at radius 3 is 2.26 bits per heavy atom. The van der Waals surface area contributed by atoms with Crippen molar-refractivity contribution in [3.63, 3.8) is 0 Å². The molecule has 0 spiro atoms. The third-order valence-corrected chi connectivity index (χ3v) is 9.32. The van der Waals surface area contributed by atoms with E-state index in [2.05, 4.69) is 15.1 Å². The molecule has 46 heavy (non-hydrogen) atoms. The number of benzene rings is 2. The molecule has 6 rings (SSSR count). The van der Waals surface area contributed by atoms with E-state index < -0.39 is 29.4 Å². The lowest BCUT2D eigenvalue weighted by Crippen LogP contribution is -2.40. The van der Waals surface area contributed by atoms with Gasteiger partial charge in [-0.05, 0) is 60.8 Å². The van der Waals surface area contributed by atoms with Crippen molar-refractivity contribution in [1.82, 2.24) is 24.2 Å². The smallest absolute Gasteiger partial charge is 0.338 e. The summed E-state index contributed by atoms with van der Waals surface area (Å²) < 4.78 is 42.1. The summed E-state index contributed by atoms with van der Waals surface area (Å²) in [6.07, 6.45) is 2.25. The molecule has 3 aromatic heterocycles. The fourth-order valence-electron chi connectivity index (χ4n) is 5.75. The van der Waals surface area contributed by atoms with Crippen LogP contribution in [-0.2, 0) is 29.0 Å². The van der Waals surface area contributed by atoms with Crippen LogP contribution in [0, 0.1) is 11.6 Å². The van der Waals surface area contributed by atoms with E-state index in [1.165, 1.54) is 48.3 Å². The molecule has 1 fully saturated rings. The van der Waals surface area contributed by atoms with E-state index in [0.29, 0.717) is 16.9 Å². The van der Waals surface area contributed by atoms with Crippen LogP contribution in [0.4, 0.5) is 8.78 Å². The molecule has 0 unspecified atom stereocenters. The van der Waals surface area contributed by atoms with Crippen molar-refractivity contribution in [2.75, 3.05) is 33.9 Å². The minimum Gasteiger partial charge on any atom is -0.480 e. The predicted molar refractivity (Wildman–Crippen MR) is 170 cm³/mol. The van der Waals surface area contributed by atoms with Gasteiger partial charge in [-0.25, -0.2) is 18.1 Å². The number of carbonyl (C=O) groups is 1. The second kappa shape index (κ2) is 13.4. The fourth-order valence-corrected chi connectivity index (χ4v) is 7.06. The van der Waals surface area contributed by atoms with E-state index in [1.54, 1.807) is 0 Å². The molecule has 13 heteroatoms. The van der Waals surface area contributed by atoms with Crippen molar-refractivity contribution in [3.8, 4) is 22.1 Å². The van der Waals surface area contributed by atoms with Crippen LogP contribution in [0.2, 0.25) is 0 Å². The standard InChI is InChI=1S/C33H31F2N5O5S/c1-44-19-22(41)16-20-8-10-21(11-9-20)30-24(17-38-14-3-4-15-38)29-31(42)40(27-12-13-28(45-2)37-36-27)33(43)39(32(29)46-30)18-23-25(34)6-5-7-26(23)35/h5-13H,3-4,14-19H2,1-2H3. The zero-order valence-corrected chi connectivity index (χ0v) is 26.1. The number of nitrogens with zero attached hydrogens (tertiary/aromatic N) is 5. The molecule has 0 radical (unpaired) electrons. The average molecular weight is 648 g/mol. The molecule has 238 valence electrons. The number of aromatic nitrogens is 4. The van der Waals surface area contributed by atoms with Crippen LogP contribution in [0.15, 0.2) is 64.2 Å². The number of ether oxygens (including phenoxy) is 2. The van der Waals surface area contributed by atoms with E-state index in [1.807, 2.05) is 24.3 Å². The van der Waals surface area contributed by atoms with Crippen molar-refractivity contribution in [3.05, 3.63) is 104 Å². The number of hydrogen-bond donors (Lipinski definition) is 0. The Balaban J connectivity index is 1.60. The molecule has 0 bridgehead atoms. The summed E-state index contributed by atoms with van der Waals surface area (Å²) in [6, 6.07) is 13.9. The molecular formula is C33H31F2N5O5S. The van der Waals surface area contributed by atoms with Crippen molar-refractivity contribution in [2.24, 2.45) is 0 Å². The molecular weight excluding hydrogens is 616 g/mol. The lowest BCUT2D eigenvalue weighted by Gasteiger charge is -2.16. The SMILES string of the molecule is COCC(=O)Cc1ccc(-c2sc3c(c2CN2CCCC2)c(=O)n(-c2ccc(OC)nn2)c(=O)n3Cc2c(F)cccc2F)cc1. The number of methoxy groups -OCH3 is 2. The monoisotopic (exact) mass is 647 g/mol. The molecule has 0 atom stereocenters. The summed E-state index contributed by atoms with van der Waals surface area (Å²) >= 11 is 1.22. The normalized spacial score (nSPS) is 13.5. The Morgan fingerprint density at radius 1 is 0.913 bits per heavy atom. The van der Waals surface area contributed by atoms with Crippen LogP contribution < -0.4 is 16.0 Å². The van der Waals surface area contributed by atoms with Crippen molar-refractivity contribution in [1.29, 1.82) is 0 Å². The van der Waals surface area contributed by atoms with Crippen molar-refractivity contribution < 1.29 is 23.0 Å². The Morgan fingerprint density at radius 2 is 1.63 bits per heavy atom. The number of thiophene rings is 1. The van der Waals surface area contributed by atoms with Crippen molar-refractivity contribution in [2.45, 2.75) is 32.4 Å². The Kier molecular flexibility index (Phi) is 9.15. The molecule has 0 N–H and O–H groups in total. The molecule has 5 aromatic rings. The third-order valence-electron chi connectivity index (χ3n) is 8.02. The number of halogens is 2. The summed E-state index contributed by atoms with van der Waals surface area (Å²) in [4.78, 5) is 43.9. The van der Waals surface area contributed by atoms with Crippen LogP contribution in [0.3, 0.4) is 0 Å². The number of carbonyl (C=O) groups excluding carboxylic acids is 1. The van der Waals surface area contributed by atoms with Gasteiger partial charge in [-0.3, -0.25) is 19.1 Å². The van der Waals surface area contributed by atoms with Crippen LogP contribution >= 0.6 is 11.3 Å². The van der Waals surface area contributed by atoms with Crippen molar-refractivity contribution >= 4 is 27.3 Å². The molecule has 1 aliphatic heterocycles. The highest BCUT2D eigenvalue weighted by molar-refractivity contribution is 7.22. The van der Waals surface area contributed by atoms with Gasteiger partial charge in [0.25, 0.3) is 5.56 Å². The molecule has 1 saturated heterocycles. The first kappa shape index (κ1) is 31.4. The van der Waals surface area contributed by atoms with Gasteiger partial charge in [0.05, 0.1) is 19.0 Å². The molecule has 1 aliphatic rings. The van der Waals surface area contributed by atoms with Gasteiger partial charge in [-0.15, -0.1) is 21.5 Å². The number of likely N-dealkylation sites (tertiary alicyclic amines) is 1. The maximum absolute atomic E-state index is 15.0. The van der Waals surface area contributed by atoms with E-state index in [-0.39, 0.29) is 41.5 Å². The zero-order valence-electron chi connectivity index (χ0n) is 25.3. The minimum absolute atomic E-state index is 0.0169.